The van der Waals surface area contributed by atoms with Gasteiger partial charge in [-0.25, -0.2) is 9.37 Å². The van der Waals surface area contributed by atoms with E-state index in [2.05, 4.69) is 15.1 Å². The molecule has 2 aromatic heterocycles. The lowest BCUT2D eigenvalue weighted by molar-refractivity contribution is 0.367. The zero-order valence-corrected chi connectivity index (χ0v) is 11.6. The minimum absolute atomic E-state index is 0.337. The van der Waals surface area contributed by atoms with Gasteiger partial charge >= 0.3 is 0 Å². The van der Waals surface area contributed by atoms with E-state index < -0.39 is 0 Å². The molecule has 0 aliphatic carbocycles. The molecule has 0 saturated heterocycles. The molecular weight excluding hydrogens is 283 g/mol. The summed E-state index contributed by atoms with van der Waals surface area (Å²) < 4.78 is 20.8. The van der Waals surface area contributed by atoms with Gasteiger partial charge in [-0.2, -0.15) is 4.98 Å². The fourth-order valence-electron chi connectivity index (χ4n) is 2.15. The van der Waals surface area contributed by atoms with Crippen LogP contribution in [0.4, 0.5) is 4.39 Å². The Bertz CT molecular complexity index is 752. The first-order valence-electron chi connectivity index (χ1n) is 6.18. The highest BCUT2D eigenvalue weighted by atomic mass is 35.5. The lowest BCUT2D eigenvalue weighted by Crippen LogP contribution is -2.06. The Morgan fingerprint density at radius 2 is 2.20 bits per heavy atom. The fourth-order valence-corrected chi connectivity index (χ4v) is 2.32. The number of aromatic nitrogens is 4. The maximum absolute atomic E-state index is 13.8. The summed E-state index contributed by atoms with van der Waals surface area (Å²) in [4.78, 5) is 8.48. The monoisotopic (exact) mass is 294 g/mol. The van der Waals surface area contributed by atoms with E-state index in [1.54, 1.807) is 13.0 Å². The topological polar surface area (TPSA) is 56.7 Å². The van der Waals surface area contributed by atoms with Gasteiger partial charge in [0.05, 0.1) is 5.52 Å². The minimum atomic E-state index is -0.348. The van der Waals surface area contributed by atoms with Crippen molar-refractivity contribution in [2.45, 2.75) is 19.9 Å². The van der Waals surface area contributed by atoms with E-state index >= 15 is 0 Å². The zero-order valence-electron chi connectivity index (χ0n) is 10.8. The molecule has 0 unspecified atom stereocenters. The highest BCUT2D eigenvalue weighted by Crippen LogP contribution is 2.21. The Morgan fingerprint density at radius 3 is 2.90 bits per heavy atom. The number of nitrogens with zero attached hydrogens (tertiary/aromatic N) is 4. The normalized spacial score (nSPS) is 11.3. The second-order valence-electron chi connectivity index (χ2n) is 4.40. The lowest BCUT2D eigenvalue weighted by Gasteiger charge is -2.04. The first-order chi connectivity index (χ1) is 9.69. The molecule has 104 valence electrons. The van der Waals surface area contributed by atoms with E-state index in [1.807, 2.05) is 10.6 Å². The molecule has 0 fully saturated rings. The molecule has 0 aliphatic rings. The van der Waals surface area contributed by atoms with Crippen LogP contribution in [0.25, 0.3) is 11.0 Å². The summed E-state index contributed by atoms with van der Waals surface area (Å²) in [5.74, 6) is 1.79. The van der Waals surface area contributed by atoms with Crippen LogP contribution in [0.2, 0.25) is 0 Å². The number of halogens is 2. The van der Waals surface area contributed by atoms with E-state index in [-0.39, 0.29) is 5.82 Å². The van der Waals surface area contributed by atoms with Crippen LogP contribution < -0.4 is 0 Å². The molecule has 0 spiro atoms. The fraction of sp³-hybridized carbons (Fsp3) is 0.308. The van der Waals surface area contributed by atoms with Crippen molar-refractivity contribution < 1.29 is 8.91 Å². The van der Waals surface area contributed by atoms with Gasteiger partial charge < -0.3 is 9.09 Å². The summed E-state index contributed by atoms with van der Waals surface area (Å²) in [6, 6.07) is 4.85. The van der Waals surface area contributed by atoms with Crippen LogP contribution in [0.5, 0.6) is 0 Å². The highest BCUT2D eigenvalue weighted by molar-refractivity contribution is 6.17. The molecule has 3 rings (SSSR count). The molecular formula is C13H12ClFN4O. The molecule has 0 bridgehead atoms. The van der Waals surface area contributed by atoms with Gasteiger partial charge in [-0.05, 0) is 19.1 Å². The SMILES string of the molecule is Cc1noc(Cn2c(CCCl)nc3c(F)cccc32)n1. The van der Waals surface area contributed by atoms with Crippen LogP contribution in [0.15, 0.2) is 22.7 Å². The van der Waals surface area contributed by atoms with Gasteiger partial charge in [-0.1, -0.05) is 11.2 Å². The van der Waals surface area contributed by atoms with E-state index in [0.717, 1.165) is 0 Å². The average Bonchev–Trinajstić information content (AvgIpc) is 2.97. The Morgan fingerprint density at radius 1 is 1.35 bits per heavy atom. The first kappa shape index (κ1) is 13.1. The van der Waals surface area contributed by atoms with Crippen molar-refractivity contribution in [3.63, 3.8) is 0 Å². The van der Waals surface area contributed by atoms with Gasteiger partial charge in [0.25, 0.3) is 0 Å². The standard InChI is InChI=1S/C13H12ClFN4O/c1-8-16-12(20-18-8)7-19-10-4-2-3-9(15)13(10)17-11(19)5-6-14/h2-4H,5-7H2,1H3. The van der Waals surface area contributed by atoms with Crippen molar-refractivity contribution >= 4 is 22.6 Å². The van der Waals surface area contributed by atoms with Crippen molar-refractivity contribution in [1.82, 2.24) is 19.7 Å². The van der Waals surface area contributed by atoms with E-state index in [1.165, 1.54) is 6.07 Å². The second-order valence-corrected chi connectivity index (χ2v) is 4.77. The summed E-state index contributed by atoms with van der Waals surface area (Å²) in [5.41, 5.74) is 1.03. The third-order valence-electron chi connectivity index (χ3n) is 2.99. The maximum Gasteiger partial charge on any atom is 0.246 e. The molecule has 0 aliphatic heterocycles. The number of aryl methyl sites for hydroxylation is 2. The first-order valence-corrected chi connectivity index (χ1v) is 6.71. The average molecular weight is 295 g/mol. The molecule has 0 atom stereocenters. The number of alkyl halides is 1. The predicted octanol–water partition coefficient (Wildman–Crippen LogP) is 2.70. The Balaban J connectivity index is 2.11. The van der Waals surface area contributed by atoms with Gasteiger partial charge in [0.1, 0.15) is 17.9 Å². The van der Waals surface area contributed by atoms with Crippen LogP contribution in [0.1, 0.15) is 17.5 Å². The quantitative estimate of drug-likeness (QED) is 0.694. The number of hydrogen-bond acceptors (Lipinski definition) is 4. The number of benzene rings is 1. The highest BCUT2D eigenvalue weighted by Gasteiger charge is 2.15. The number of rotatable bonds is 4. The summed E-state index contributed by atoms with van der Waals surface area (Å²) >= 11 is 5.78. The third-order valence-corrected chi connectivity index (χ3v) is 3.18. The largest absolute Gasteiger partial charge is 0.337 e. The van der Waals surface area contributed by atoms with Crippen LogP contribution in [0, 0.1) is 12.7 Å². The second kappa shape index (κ2) is 5.20. The van der Waals surface area contributed by atoms with Crippen molar-refractivity contribution in [3.05, 3.63) is 41.6 Å². The van der Waals surface area contributed by atoms with Crippen LogP contribution in [-0.4, -0.2) is 25.6 Å². The summed E-state index contributed by atoms with van der Waals surface area (Å²) in [6.07, 6.45) is 0.544. The summed E-state index contributed by atoms with van der Waals surface area (Å²) in [5, 5.41) is 3.75. The Hall–Kier alpha value is -1.95. The number of para-hydroxylation sites is 1. The number of fused-ring (bicyclic) bond motifs is 1. The molecule has 0 radical (unpaired) electrons. The van der Waals surface area contributed by atoms with Gasteiger partial charge in [0, 0.05) is 12.3 Å². The Kier molecular flexibility index (Phi) is 3.40. The van der Waals surface area contributed by atoms with Gasteiger partial charge in [-0.3, -0.25) is 0 Å². The van der Waals surface area contributed by atoms with Crippen LogP contribution in [-0.2, 0) is 13.0 Å². The van der Waals surface area contributed by atoms with Crippen LogP contribution in [0.3, 0.4) is 0 Å². The molecule has 3 aromatic rings. The van der Waals surface area contributed by atoms with Crippen molar-refractivity contribution in [1.29, 1.82) is 0 Å². The van der Waals surface area contributed by atoms with Crippen LogP contribution >= 0.6 is 11.6 Å². The number of hydrogen-bond donors (Lipinski definition) is 0. The van der Waals surface area contributed by atoms with E-state index in [9.17, 15) is 4.39 Å². The smallest absolute Gasteiger partial charge is 0.246 e. The molecule has 0 saturated carbocycles. The molecule has 0 amide bonds. The third kappa shape index (κ3) is 2.27. The van der Waals surface area contributed by atoms with E-state index in [4.69, 9.17) is 16.1 Å². The minimum Gasteiger partial charge on any atom is -0.337 e. The molecule has 20 heavy (non-hydrogen) atoms. The summed E-state index contributed by atoms with van der Waals surface area (Å²) in [7, 11) is 0. The van der Waals surface area contributed by atoms with Gasteiger partial charge in [0.15, 0.2) is 11.6 Å². The van der Waals surface area contributed by atoms with Crippen molar-refractivity contribution in [2.75, 3.05) is 5.88 Å². The molecule has 7 heteroatoms. The molecule has 1 aromatic carbocycles. The van der Waals surface area contributed by atoms with E-state index in [0.29, 0.717) is 47.4 Å². The number of imidazole rings is 1. The summed E-state index contributed by atoms with van der Waals surface area (Å²) in [6.45, 7) is 2.10. The molecule has 0 N–H and O–H groups in total. The molecule has 5 nitrogen and oxygen atoms in total. The maximum atomic E-state index is 13.8. The van der Waals surface area contributed by atoms with Crippen molar-refractivity contribution in [3.8, 4) is 0 Å². The zero-order chi connectivity index (χ0) is 14.1. The Labute approximate surface area is 119 Å². The van der Waals surface area contributed by atoms with Gasteiger partial charge in [-0.15, -0.1) is 11.6 Å². The van der Waals surface area contributed by atoms with Crippen molar-refractivity contribution in [2.24, 2.45) is 0 Å². The lowest BCUT2D eigenvalue weighted by atomic mass is 10.3. The van der Waals surface area contributed by atoms with Gasteiger partial charge in [0.2, 0.25) is 5.89 Å². The molecule has 2 heterocycles. The predicted molar refractivity (Wildman–Crippen MR) is 72.3 cm³/mol.